The molecule has 0 amide bonds. The molecule has 1 atom stereocenters. The molecule has 2 rings (SSSR count). The van der Waals surface area contributed by atoms with Crippen molar-refractivity contribution in [2.45, 2.75) is 25.3 Å². The minimum absolute atomic E-state index is 0.490. The van der Waals surface area contributed by atoms with Crippen LogP contribution in [0.3, 0.4) is 0 Å². The van der Waals surface area contributed by atoms with Gasteiger partial charge in [-0.15, -0.1) is 0 Å². The summed E-state index contributed by atoms with van der Waals surface area (Å²) in [4.78, 5) is 0. The van der Waals surface area contributed by atoms with E-state index >= 15 is 0 Å². The lowest BCUT2D eigenvalue weighted by Gasteiger charge is -2.18. The van der Waals surface area contributed by atoms with Gasteiger partial charge in [-0.05, 0) is 56.0 Å². The molecule has 3 N–H and O–H groups in total. The van der Waals surface area contributed by atoms with Gasteiger partial charge in [0.05, 0.1) is 0 Å². The molecule has 88 valence electrons. The first-order valence-corrected chi connectivity index (χ1v) is 6.38. The Morgan fingerprint density at radius 1 is 1.31 bits per heavy atom. The Bertz CT molecular complexity index is 319. The van der Waals surface area contributed by atoms with Crippen LogP contribution in [0, 0.1) is 5.92 Å². The molecule has 1 aromatic rings. The van der Waals surface area contributed by atoms with Crippen LogP contribution in [0.1, 0.15) is 30.9 Å². The standard InChI is InChI=1S/C13H19ClN2/c14-12-6-4-11(5-7-12)13(10-2-3-10)16-9-1-8-15/h4-7,10,13,16H,1-3,8-9,15H2. The molecule has 1 fully saturated rings. The molecular weight excluding hydrogens is 220 g/mol. The Kier molecular flexibility index (Phi) is 4.22. The number of nitrogens with two attached hydrogens (primary N) is 1. The van der Waals surface area contributed by atoms with Gasteiger partial charge in [0.2, 0.25) is 0 Å². The third-order valence-electron chi connectivity index (χ3n) is 3.07. The first kappa shape index (κ1) is 11.9. The van der Waals surface area contributed by atoms with Gasteiger partial charge in [-0.3, -0.25) is 0 Å². The van der Waals surface area contributed by atoms with Gasteiger partial charge in [0.15, 0.2) is 0 Å². The van der Waals surface area contributed by atoms with Crippen molar-refractivity contribution >= 4 is 11.6 Å². The molecule has 0 saturated heterocycles. The van der Waals surface area contributed by atoms with Gasteiger partial charge in [0.25, 0.3) is 0 Å². The van der Waals surface area contributed by atoms with Crippen molar-refractivity contribution in [1.82, 2.24) is 5.32 Å². The van der Waals surface area contributed by atoms with Gasteiger partial charge in [0, 0.05) is 11.1 Å². The summed E-state index contributed by atoms with van der Waals surface area (Å²) < 4.78 is 0. The topological polar surface area (TPSA) is 38.0 Å². The monoisotopic (exact) mass is 238 g/mol. The molecule has 1 saturated carbocycles. The molecule has 0 bridgehead atoms. The van der Waals surface area contributed by atoms with E-state index in [-0.39, 0.29) is 0 Å². The van der Waals surface area contributed by atoms with Crippen LogP contribution >= 0.6 is 11.6 Å². The maximum atomic E-state index is 5.90. The third kappa shape index (κ3) is 3.21. The summed E-state index contributed by atoms with van der Waals surface area (Å²) in [5, 5.41) is 4.40. The van der Waals surface area contributed by atoms with Gasteiger partial charge in [0.1, 0.15) is 0 Å². The number of hydrogen-bond donors (Lipinski definition) is 2. The van der Waals surface area contributed by atoms with Crippen LogP contribution in [0.4, 0.5) is 0 Å². The number of hydrogen-bond acceptors (Lipinski definition) is 2. The predicted octanol–water partition coefficient (Wildman–Crippen LogP) is 2.73. The molecule has 1 aromatic carbocycles. The highest BCUT2D eigenvalue weighted by Gasteiger charge is 2.31. The van der Waals surface area contributed by atoms with Gasteiger partial charge >= 0.3 is 0 Å². The number of benzene rings is 1. The largest absolute Gasteiger partial charge is 0.330 e. The Hall–Kier alpha value is -0.570. The van der Waals surface area contributed by atoms with E-state index in [4.69, 9.17) is 17.3 Å². The van der Waals surface area contributed by atoms with E-state index < -0.39 is 0 Å². The lowest BCUT2D eigenvalue weighted by molar-refractivity contribution is 0.477. The fourth-order valence-electron chi connectivity index (χ4n) is 2.02. The molecule has 0 heterocycles. The van der Waals surface area contributed by atoms with E-state index in [2.05, 4.69) is 17.4 Å². The normalized spacial score (nSPS) is 17.4. The summed E-state index contributed by atoms with van der Waals surface area (Å²) in [6.45, 7) is 1.76. The van der Waals surface area contributed by atoms with E-state index in [1.54, 1.807) is 0 Å². The summed E-state index contributed by atoms with van der Waals surface area (Å²) in [5.41, 5.74) is 6.86. The lowest BCUT2D eigenvalue weighted by Crippen LogP contribution is -2.25. The highest BCUT2D eigenvalue weighted by molar-refractivity contribution is 6.30. The van der Waals surface area contributed by atoms with E-state index in [1.165, 1.54) is 18.4 Å². The van der Waals surface area contributed by atoms with Gasteiger partial charge in [-0.25, -0.2) is 0 Å². The second kappa shape index (κ2) is 5.67. The maximum absolute atomic E-state index is 5.90. The molecule has 0 spiro atoms. The Morgan fingerprint density at radius 2 is 2.00 bits per heavy atom. The SMILES string of the molecule is NCCCNC(c1ccc(Cl)cc1)C1CC1. The van der Waals surface area contributed by atoms with Crippen molar-refractivity contribution < 1.29 is 0 Å². The molecule has 0 radical (unpaired) electrons. The summed E-state index contributed by atoms with van der Waals surface area (Å²) >= 11 is 5.90. The average molecular weight is 239 g/mol. The first-order chi connectivity index (χ1) is 7.81. The van der Waals surface area contributed by atoms with Crippen LogP contribution in [0.15, 0.2) is 24.3 Å². The molecule has 2 nitrogen and oxygen atoms in total. The zero-order chi connectivity index (χ0) is 11.4. The van der Waals surface area contributed by atoms with Gasteiger partial charge in [-0.1, -0.05) is 23.7 Å². The zero-order valence-electron chi connectivity index (χ0n) is 9.45. The summed E-state index contributed by atoms with van der Waals surface area (Å²) in [6.07, 6.45) is 3.71. The van der Waals surface area contributed by atoms with Crippen molar-refractivity contribution in [1.29, 1.82) is 0 Å². The minimum atomic E-state index is 0.490. The van der Waals surface area contributed by atoms with Gasteiger partial charge in [-0.2, -0.15) is 0 Å². The first-order valence-electron chi connectivity index (χ1n) is 6.00. The molecular formula is C13H19ClN2. The van der Waals surface area contributed by atoms with Crippen LogP contribution in [-0.2, 0) is 0 Å². The lowest BCUT2D eigenvalue weighted by atomic mass is 10.0. The van der Waals surface area contributed by atoms with E-state index in [9.17, 15) is 0 Å². The van der Waals surface area contributed by atoms with Crippen molar-refractivity contribution in [3.63, 3.8) is 0 Å². The van der Waals surface area contributed by atoms with E-state index in [1.807, 2.05) is 12.1 Å². The van der Waals surface area contributed by atoms with E-state index in [0.29, 0.717) is 6.04 Å². The van der Waals surface area contributed by atoms with Crippen molar-refractivity contribution in [2.24, 2.45) is 11.7 Å². The molecule has 0 aliphatic heterocycles. The molecule has 1 unspecified atom stereocenters. The molecule has 3 heteroatoms. The molecule has 1 aliphatic rings. The van der Waals surface area contributed by atoms with Crippen LogP contribution in [-0.4, -0.2) is 13.1 Å². The average Bonchev–Trinajstić information content (AvgIpc) is 3.10. The van der Waals surface area contributed by atoms with Crippen LogP contribution in [0.5, 0.6) is 0 Å². The smallest absolute Gasteiger partial charge is 0.0406 e. The summed E-state index contributed by atoms with van der Waals surface area (Å²) in [7, 11) is 0. The second-order valence-corrected chi connectivity index (χ2v) is 4.90. The minimum Gasteiger partial charge on any atom is -0.330 e. The number of nitrogens with one attached hydrogen (secondary N) is 1. The fraction of sp³-hybridized carbons (Fsp3) is 0.538. The molecule has 1 aliphatic carbocycles. The molecule has 0 aromatic heterocycles. The zero-order valence-corrected chi connectivity index (χ0v) is 10.2. The van der Waals surface area contributed by atoms with E-state index in [0.717, 1.165) is 30.5 Å². The van der Waals surface area contributed by atoms with Crippen LogP contribution in [0.25, 0.3) is 0 Å². The number of halogens is 1. The highest BCUT2D eigenvalue weighted by Crippen LogP contribution is 2.41. The highest BCUT2D eigenvalue weighted by atomic mass is 35.5. The molecule has 16 heavy (non-hydrogen) atoms. The van der Waals surface area contributed by atoms with Crippen LogP contribution < -0.4 is 11.1 Å². The van der Waals surface area contributed by atoms with Gasteiger partial charge < -0.3 is 11.1 Å². The summed E-state index contributed by atoms with van der Waals surface area (Å²) in [6, 6.07) is 8.68. The fourth-order valence-corrected chi connectivity index (χ4v) is 2.14. The summed E-state index contributed by atoms with van der Waals surface area (Å²) in [5.74, 6) is 0.805. The number of rotatable bonds is 6. The van der Waals surface area contributed by atoms with Crippen molar-refractivity contribution in [2.75, 3.05) is 13.1 Å². The Morgan fingerprint density at radius 3 is 2.56 bits per heavy atom. The predicted molar refractivity (Wildman–Crippen MR) is 68.6 cm³/mol. The third-order valence-corrected chi connectivity index (χ3v) is 3.32. The van der Waals surface area contributed by atoms with Crippen molar-refractivity contribution in [3.8, 4) is 0 Å². The quantitative estimate of drug-likeness (QED) is 0.748. The van der Waals surface area contributed by atoms with Crippen LogP contribution in [0.2, 0.25) is 5.02 Å². The maximum Gasteiger partial charge on any atom is 0.0406 e. The Labute approximate surface area is 102 Å². The second-order valence-electron chi connectivity index (χ2n) is 4.46. The Balaban J connectivity index is 1.98. The van der Waals surface area contributed by atoms with Crippen molar-refractivity contribution in [3.05, 3.63) is 34.9 Å².